The van der Waals surface area contributed by atoms with Gasteiger partial charge in [0.1, 0.15) is 5.15 Å². The van der Waals surface area contributed by atoms with Crippen LogP contribution in [0, 0.1) is 0 Å². The summed E-state index contributed by atoms with van der Waals surface area (Å²) in [5.41, 5.74) is 3.18. The number of hydrogen-bond donors (Lipinski definition) is 1. The Morgan fingerprint density at radius 1 is 1.16 bits per heavy atom. The zero-order chi connectivity index (χ0) is 13.2. The predicted molar refractivity (Wildman–Crippen MR) is 74.4 cm³/mol. The Kier molecular flexibility index (Phi) is 3.22. The fourth-order valence-corrected chi connectivity index (χ4v) is 2.55. The Bertz CT molecular complexity index is 585. The van der Waals surface area contributed by atoms with Crippen molar-refractivity contribution < 1.29 is 4.79 Å². The minimum absolute atomic E-state index is 0.0954. The van der Waals surface area contributed by atoms with Gasteiger partial charge < -0.3 is 5.32 Å². The molecule has 1 aromatic heterocycles. The smallest absolute Gasteiger partial charge is 0.253 e. The first-order chi connectivity index (χ1) is 9.22. The molecule has 0 saturated heterocycles. The van der Waals surface area contributed by atoms with Crippen molar-refractivity contribution >= 4 is 17.5 Å². The molecule has 1 aliphatic rings. The van der Waals surface area contributed by atoms with Gasteiger partial charge in [0.05, 0.1) is 5.56 Å². The van der Waals surface area contributed by atoms with Crippen molar-refractivity contribution in [1.82, 2.24) is 10.3 Å². The molecule has 0 unspecified atom stereocenters. The fourth-order valence-electron chi connectivity index (χ4n) is 2.44. The Hall–Kier alpha value is -1.87. The van der Waals surface area contributed by atoms with Gasteiger partial charge in [0.25, 0.3) is 5.91 Å². The van der Waals surface area contributed by atoms with E-state index in [-0.39, 0.29) is 11.9 Å². The second kappa shape index (κ2) is 5.02. The summed E-state index contributed by atoms with van der Waals surface area (Å²) >= 11 is 5.70. The highest BCUT2D eigenvalue weighted by Gasteiger charge is 2.22. The number of rotatable bonds is 2. The lowest BCUT2D eigenvalue weighted by Crippen LogP contribution is -2.35. The van der Waals surface area contributed by atoms with Crippen molar-refractivity contribution in [2.24, 2.45) is 0 Å². The van der Waals surface area contributed by atoms with Crippen molar-refractivity contribution in [1.29, 1.82) is 0 Å². The monoisotopic (exact) mass is 272 g/mol. The van der Waals surface area contributed by atoms with Gasteiger partial charge in [0.2, 0.25) is 0 Å². The zero-order valence-corrected chi connectivity index (χ0v) is 11.0. The van der Waals surface area contributed by atoms with Gasteiger partial charge in [-0.1, -0.05) is 35.9 Å². The van der Waals surface area contributed by atoms with Crippen molar-refractivity contribution in [2.45, 2.75) is 18.9 Å². The molecular formula is C15H13ClN2O. The van der Waals surface area contributed by atoms with Crippen LogP contribution in [0.5, 0.6) is 0 Å². The third-order valence-electron chi connectivity index (χ3n) is 3.38. The number of carbonyl (C=O) groups excluding carboxylic acids is 1. The van der Waals surface area contributed by atoms with E-state index in [4.69, 9.17) is 11.6 Å². The van der Waals surface area contributed by atoms with E-state index in [0.29, 0.717) is 10.7 Å². The van der Waals surface area contributed by atoms with E-state index in [0.717, 1.165) is 12.8 Å². The van der Waals surface area contributed by atoms with Crippen LogP contribution in [0.4, 0.5) is 0 Å². The number of hydrogen-bond acceptors (Lipinski definition) is 2. The molecule has 0 radical (unpaired) electrons. The summed E-state index contributed by atoms with van der Waals surface area (Å²) in [7, 11) is 0. The molecule has 3 rings (SSSR count). The summed E-state index contributed by atoms with van der Waals surface area (Å²) in [5, 5.41) is 3.43. The quantitative estimate of drug-likeness (QED) is 0.854. The van der Waals surface area contributed by atoms with Gasteiger partial charge in [-0.25, -0.2) is 4.98 Å². The second-order valence-corrected chi connectivity index (χ2v) is 5.10. The Morgan fingerprint density at radius 2 is 1.84 bits per heavy atom. The molecule has 96 valence electrons. The summed E-state index contributed by atoms with van der Waals surface area (Å²) < 4.78 is 0. The highest BCUT2D eigenvalue weighted by molar-refractivity contribution is 6.29. The average molecular weight is 273 g/mol. The van der Waals surface area contributed by atoms with Gasteiger partial charge in [-0.05, 0) is 36.1 Å². The van der Waals surface area contributed by atoms with Crippen LogP contribution in [0.15, 0.2) is 42.6 Å². The third kappa shape index (κ3) is 2.61. The molecule has 1 heterocycles. The van der Waals surface area contributed by atoms with Crippen molar-refractivity contribution in [3.8, 4) is 0 Å². The Labute approximate surface area is 116 Å². The van der Waals surface area contributed by atoms with Gasteiger partial charge in [0.15, 0.2) is 0 Å². The standard InChI is InChI=1S/C15H13ClN2O/c16-14-6-5-12(9-17-14)15(19)18-13-7-10-3-1-2-4-11(10)8-13/h1-6,9,13H,7-8H2,(H,18,19). The van der Waals surface area contributed by atoms with Crippen LogP contribution < -0.4 is 5.32 Å². The fraction of sp³-hybridized carbons (Fsp3) is 0.200. The lowest BCUT2D eigenvalue weighted by atomic mass is 10.1. The molecule has 0 aliphatic heterocycles. The number of pyridine rings is 1. The first-order valence-electron chi connectivity index (χ1n) is 6.21. The average Bonchev–Trinajstić information content (AvgIpc) is 2.81. The highest BCUT2D eigenvalue weighted by Crippen LogP contribution is 2.21. The van der Waals surface area contributed by atoms with E-state index in [2.05, 4.69) is 22.4 Å². The molecule has 2 aromatic rings. The normalized spacial score (nSPS) is 14.2. The molecule has 0 atom stereocenters. The summed E-state index contributed by atoms with van der Waals surface area (Å²) in [6.45, 7) is 0. The maximum absolute atomic E-state index is 12.1. The molecule has 0 saturated carbocycles. The van der Waals surface area contributed by atoms with Gasteiger partial charge in [-0.15, -0.1) is 0 Å². The SMILES string of the molecule is O=C(NC1Cc2ccccc2C1)c1ccc(Cl)nc1. The predicted octanol–water partition coefficient (Wildman–Crippen LogP) is 2.63. The van der Waals surface area contributed by atoms with E-state index in [1.807, 2.05) is 12.1 Å². The maximum atomic E-state index is 12.1. The van der Waals surface area contributed by atoms with Crippen LogP contribution in [0.3, 0.4) is 0 Å². The number of benzene rings is 1. The van der Waals surface area contributed by atoms with Gasteiger partial charge in [-0.2, -0.15) is 0 Å². The van der Waals surface area contributed by atoms with Crippen LogP contribution in [0.1, 0.15) is 21.5 Å². The van der Waals surface area contributed by atoms with E-state index in [1.165, 1.54) is 17.3 Å². The van der Waals surface area contributed by atoms with Gasteiger partial charge >= 0.3 is 0 Å². The molecule has 3 nitrogen and oxygen atoms in total. The molecule has 1 amide bonds. The largest absolute Gasteiger partial charge is 0.349 e. The van der Waals surface area contributed by atoms with E-state index in [9.17, 15) is 4.79 Å². The maximum Gasteiger partial charge on any atom is 0.253 e. The first kappa shape index (κ1) is 12.2. The Balaban J connectivity index is 1.67. The lowest BCUT2D eigenvalue weighted by Gasteiger charge is -2.11. The molecule has 19 heavy (non-hydrogen) atoms. The summed E-state index contributed by atoms with van der Waals surface area (Å²) in [6, 6.07) is 11.8. The molecule has 1 aromatic carbocycles. The number of halogens is 1. The molecular weight excluding hydrogens is 260 g/mol. The van der Waals surface area contributed by atoms with Crippen LogP contribution in [0.25, 0.3) is 0 Å². The summed E-state index contributed by atoms with van der Waals surface area (Å²) in [5.74, 6) is -0.0954. The molecule has 0 fully saturated rings. The van der Waals surface area contributed by atoms with Crippen LogP contribution in [-0.4, -0.2) is 16.9 Å². The number of fused-ring (bicyclic) bond motifs is 1. The molecule has 1 aliphatic carbocycles. The number of nitrogens with one attached hydrogen (secondary N) is 1. The van der Waals surface area contributed by atoms with Crippen LogP contribution >= 0.6 is 11.6 Å². The first-order valence-corrected chi connectivity index (χ1v) is 6.59. The third-order valence-corrected chi connectivity index (χ3v) is 3.60. The van der Waals surface area contributed by atoms with Gasteiger partial charge in [0, 0.05) is 12.2 Å². The van der Waals surface area contributed by atoms with Crippen LogP contribution in [0.2, 0.25) is 5.15 Å². The lowest BCUT2D eigenvalue weighted by molar-refractivity contribution is 0.0938. The molecule has 1 N–H and O–H groups in total. The number of carbonyl (C=O) groups is 1. The van der Waals surface area contributed by atoms with Crippen molar-refractivity contribution in [3.63, 3.8) is 0 Å². The zero-order valence-electron chi connectivity index (χ0n) is 10.3. The highest BCUT2D eigenvalue weighted by atomic mass is 35.5. The number of amides is 1. The molecule has 4 heteroatoms. The van der Waals surface area contributed by atoms with Gasteiger partial charge in [-0.3, -0.25) is 4.79 Å². The van der Waals surface area contributed by atoms with Crippen molar-refractivity contribution in [3.05, 3.63) is 64.4 Å². The van der Waals surface area contributed by atoms with E-state index >= 15 is 0 Å². The second-order valence-electron chi connectivity index (χ2n) is 4.72. The summed E-state index contributed by atoms with van der Waals surface area (Å²) in [4.78, 5) is 16.0. The Morgan fingerprint density at radius 3 is 2.42 bits per heavy atom. The number of aromatic nitrogens is 1. The number of nitrogens with zero attached hydrogens (tertiary/aromatic N) is 1. The minimum Gasteiger partial charge on any atom is -0.349 e. The molecule has 0 bridgehead atoms. The van der Waals surface area contributed by atoms with Crippen LogP contribution in [-0.2, 0) is 12.8 Å². The van der Waals surface area contributed by atoms with E-state index in [1.54, 1.807) is 12.1 Å². The topological polar surface area (TPSA) is 42.0 Å². The molecule has 0 spiro atoms. The minimum atomic E-state index is -0.0954. The summed E-state index contributed by atoms with van der Waals surface area (Å²) in [6.07, 6.45) is 3.28. The van der Waals surface area contributed by atoms with E-state index < -0.39 is 0 Å². The van der Waals surface area contributed by atoms with Crippen molar-refractivity contribution in [2.75, 3.05) is 0 Å².